The Labute approximate surface area is 108 Å². The molecular formula is C14H21FN2O. The monoisotopic (exact) mass is 252 g/mol. The van der Waals surface area contributed by atoms with Crippen molar-refractivity contribution in [3.05, 3.63) is 29.6 Å². The summed E-state index contributed by atoms with van der Waals surface area (Å²) in [6, 6.07) is 4.54. The van der Waals surface area contributed by atoms with Gasteiger partial charge in [0.25, 0.3) is 0 Å². The van der Waals surface area contributed by atoms with E-state index in [2.05, 4.69) is 4.90 Å². The maximum absolute atomic E-state index is 13.2. The van der Waals surface area contributed by atoms with Crippen LogP contribution in [0.5, 0.6) is 0 Å². The second-order valence-corrected chi connectivity index (χ2v) is 5.12. The molecule has 0 amide bonds. The van der Waals surface area contributed by atoms with Crippen molar-refractivity contribution in [2.45, 2.75) is 19.4 Å². The molecule has 1 heterocycles. The first kappa shape index (κ1) is 13.3. The van der Waals surface area contributed by atoms with Crippen molar-refractivity contribution >= 4 is 5.69 Å². The van der Waals surface area contributed by atoms with Gasteiger partial charge in [-0.1, -0.05) is 0 Å². The molecule has 2 N–H and O–H groups in total. The van der Waals surface area contributed by atoms with Gasteiger partial charge in [0.2, 0.25) is 0 Å². The van der Waals surface area contributed by atoms with Crippen molar-refractivity contribution in [3.63, 3.8) is 0 Å². The van der Waals surface area contributed by atoms with Crippen LogP contribution in [0.25, 0.3) is 0 Å². The third kappa shape index (κ3) is 3.68. The zero-order valence-corrected chi connectivity index (χ0v) is 10.9. The highest BCUT2D eigenvalue weighted by atomic mass is 19.1. The Bertz CT molecular complexity index is 391. The Morgan fingerprint density at radius 1 is 1.50 bits per heavy atom. The Morgan fingerprint density at radius 2 is 2.33 bits per heavy atom. The smallest absolute Gasteiger partial charge is 0.123 e. The van der Waals surface area contributed by atoms with Gasteiger partial charge in [0.15, 0.2) is 0 Å². The van der Waals surface area contributed by atoms with Crippen LogP contribution >= 0.6 is 0 Å². The third-order valence-electron chi connectivity index (χ3n) is 3.37. The van der Waals surface area contributed by atoms with E-state index in [1.807, 2.05) is 7.05 Å². The molecule has 18 heavy (non-hydrogen) atoms. The molecule has 1 unspecified atom stereocenters. The minimum atomic E-state index is -0.228. The second-order valence-electron chi connectivity index (χ2n) is 5.12. The van der Waals surface area contributed by atoms with Gasteiger partial charge in [-0.05, 0) is 49.6 Å². The van der Waals surface area contributed by atoms with E-state index >= 15 is 0 Å². The lowest BCUT2D eigenvalue weighted by Gasteiger charge is -2.27. The Morgan fingerprint density at radius 3 is 3.06 bits per heavy atom. The number of rotatable bonds is 4. The third-order valence-corrected chi connectivity index (χ3v) is 3.37. The molecule has 1 atom stereocenters. The summed E-state index contributed by atoms with van der Waals surface area (Å²) >= 11 is 0. The van der Waals surface area contributed by atoms with Crippen LogP contribution in [0.3, 0.4) is 0 Å². The van der Waals surface area contributed by atoms with Crippen LogP contribution in [0.15, 0.2) is 18.2 Å². The van der Waals surface area contributed by atoms with Gasteiger partial charge in [0, 0.05) is 25.4 Å². The zero-order chi connectivity index (χ0) is 13.0. The molecule has 0 bridgehead atoms. The number of ether oxygens (including phenoxy) is 1. The molecule has 0 radical (unpaired) electrons. The molecule has 1 aromatic carbocycles. The predicted molar refractivity (Wildman–Crippen MR) is 70.7 cm³/mol. The van der Waals surface area contributed by atoms with Gasteiger partial charge < -0.3 is 15.4 Å². The first-order chi connectivity index (χ1) is 8.65. The van der Waals surface area contributed by atoms with Crippen LogP contribution in [-0.4, -0.2) is 31.7 Å². The number of anilines is 1. The first-order valence-corrected chi connectivity index (χ1v) is 6.45. The van der Waals surface area contributed by atoms with Gasteiger partial charge >= 0.3 is 0 Å². The highest BCUT2D eigenvalue weighted by molar-refractivity contribution is 5.46. The van der Waals surface area contributed by atoms with Crippen molar-refractivity contribution in [3.8, 4) is 0 Å². The summed E-state index contributed by atoms with van der Waals surface area (Å²) in [5.74, 6) is 0.354. The zero-order valence-electron chi connectivity index (χ0n) is 10.9. The van der Waals surface area contributed by atoms with Crippen molar-refractivity contribution in [2.75, 3.05) is 32.5 Å². The fourth-order valence-electron chi connectivity index (χ4n) is 2.46. The van der Waals surface area contributed by atoms with Gasteiger partial charge in [0.1, 0.15) is 5.82 Å². The summed E-state index contributed by atoms with van der Waals surface area (Å²) in [5, 5.41) is 0. The molecule has 1 aromatic rings. The Balaban J connectivity index is 1.89. The van der Waals surface area contributed by atoms with E-state index in [9.17, 15) is 4.39 Å². The lowest BCUT2D eigenvalue weighted by atomic mass is 10.0. The number of hydrogen-bond acceptors (Lipinski definition) is 3. The van der Waals surface area contributed by atoms with Gasteiger partial charge in [0.05, 0.1) is 6.61 Å². The van der Waals surface area contributed by atoms with Crippen LogP contribution in [0.4, 0.5) is 10.1 Å². The largest absolute Gasteiger partial charge is 0.398 e. The molecular weight excluding hydrogens is 231 g/mol. The number of nitrogen functional groups attached to an aromatic ring is 1. The quantitative estimate of drug-likeness (QED) is 0.835. The van der Waals surface area contributed by atoms with Crippen LogP contribution in [0.1, 0.15) is 18.4 Å². The van der Waals surface area contributed by atoms with E-state index in [1.165, 1.54) is 18.6 Å². The summed E-state index contributed by atoms with van der Waals surface area (Å²) in [7, 11) is 2.04. The molecule has 0 saturated carbocycles. The predicted octanol–water partition coefficient (Wildman–Crippen LogP) is 2.27. The van der Waals surface area contributed by atoms with E-state index in [1.54, 1.807) is 6.07 Å². The lowest BCUT2D eigenvalue weighted by molar-refractivity contribution is 0.0412. The highest BCUT2D eigenvalue weighted by Crippen LogP contribution is 2.18. The number of nitrogens with zero attached hydrogens (tertiary/aromatic N) is 1. The standard InChI is InChI=1S/C14H21FN2O/c1-17(8-11-3-2-6-18-10-11)9-12-7-13(15)4-5-14(12)16/h4-5,7,11H,2-3,6,8-10,16H2,1H3. The van der Waals surface area contributed by atoms with E-state index < -0.39 is 0 Å². The number of hydrogen-bond donors (Lipinski definition) is 1. The molecule has 1 fully saturated rings. The fraction of sp³-hybridized carbons (Fsp3) is 0.571. The Hall–Kier alpha value is -1.13. The molecule has 3 nitrogen and oxygen atoms in total. The summed E-state index contributed by atoms with van der Waals surface area (Å²) in [5.41, 5.74) is 7.36. The Kier molecular flexibility index (Phi) is 4.55. The summed E-state index contributed by atoms with van der Waals surface area (Å²) < 4.78 is 18.6. The van der Waals surface area contributed by atoms with E-state index in [0.717, 1.165) is 31.7 Å². The maximum atomic E-state index is 13.2. The van der Waals surface area contributed by atoms with Gasteiger partial charge in [-0.15, -0.1) is 0 Å². The highest BCUT2D eigenvalue weighted by Gasteiger charge is 2.16. The molecule has 1 saturated heterocycles. The fourth-order valence-corrected chi connectivity index (χ4v) is 2.46. The van der Waals surface area contributed by atoms with Crippen molar-refractivity contribution < 1.29 is 9.13 Å². The number of benzene rings is 1. The molecule has 1 aliphatic rings. The number of halogens is 1. The van der Waals surface area contributed by atoms with E-state index in [4.69, 9.17) is 10.5 Å². The lowest BCUT2D eigenvalue weighted by Crippen LogP contribution is -2.30. The normalized spacial score (nSPS) is 20.3. The second kappa shape index (κ2) is 6.16. The molecule has 100 valence electrons. The van der Waals surface area contributed by atoms with Gasteiger partial charge in [-0.2, -0.15) is 0 Å². The minimum Gasteiger partial charge on any atom is -0.398 e. The average molecular weight is 252 g/mol. The SMILES string of the molecule is CN(Cc1cc(F)ccc1N)CC1CCCOC1. The minimum absolute atomic E-state index is 0.228. The molecule has 0 spiro atoms. The van der Waals surface area contributed by atoms with Gasteiger partial charge in [-0.25, -0.2) is 4.39 Å². The first-order valence-electron chi connectivity index (χ1n) is 6.45. The van der Waals surface area contributed by atoms with Crippen LogP contribution in [0, 0.1) is 11.7 Å². The van der Waals surface area contributed by atoms with E-state index in [0.29, 0.717) is 18.2 Å². The van der Waals surface area contributed by atoms with Gasteiger partial charge in [-0.3, -0.25) is 0 Å². The molecule has 2 rings (SSSR count). The van der Waals surface area contributed by atoms with Crippen molar-refractivity contribution in [1.29, 1.82) is 0 Å². The number of nitrogens with two attached hydrogens (primary N) is 1. The molecule has 1 aliphatic heterocycles. The topological polar surface area (TPSA) is 38.5 Å². The maximum Gasteiger partial charge on any atom is 0.123 e. The van der Waals surface area contributed by atoms with Crippen LogP contribution in [-0.2, 0) is 11.3 Å². The van der Waals surface area contributed by atoms with Crippen molar-refractivity contribution in [1.82, 2.24) is 4.90 Å². The van der Waals surface area contributed by atoms with Crippen molar-refractivity contribution in [2.24, 2.45) is 5.92 Å². The van der Waals surface area contributed by atoms with Crippen LogP contribution in [0.2, 0.25) is 0 Å². The van der Waals surface area contributed by atoms with E-state index in [-0.39, 0.29) is 5.82 Å². The molecule has 0 aromatic heterocycles. The summed E-state index contributed by atoms with van der Waals surface area (Å²) in [6.45, 7) is 3.37. The summed E-state index contributed by atoms with van der Waals surface area (Å²) in [6.07, 6.45) is 2.35. The average Bonchev–Trinajstić information content (AvgIpc) is 2.35. The van der Waals surface area contributed by atoms with Crippen LogP contribution < -0.4 is 5.73 Å². The summed E-state index contributed by atoms with van der Waals surface area (Å²) in [4.78, 5) is 2.18. The molecule has 4 heteroatoms. The molecule has 0 aliphatic carbocycles.